The highest BCUT2D eigenvalue weighted by atomic mass is 32.2. The number of imidazole rings is 1. The van der Waals surface area contributed by atoms with Crippen LogP contribution in [0.25, 0.3) is 11.2 Å². The lowest BCUT2D eigenvalue weighted by Gasteiger charge is -2.24. The Balaban J connectivity index is 1.61. The minimum Gasteiger partial charge on any atom is -0.463 e. The van der Waals surface area contributed by atoms with Crippen LogP contribution in [0.3, 0.4) is 0 Å². The van der Waals surface area contributed by atoms with Crippen LogP contribution in [-0.4, -0.2) is 56.0 Å². The second-order valence-electron chi connectivity index (χ2n) is 7.64. The molecule has 0 spiro atoms. The lowest BCUT2D eigenvalue weighted by Crippen LogP contribution is -2.33. The minimum atomic E-state index is -0.708. The Morgan fingerprint density at radius 3 is 2.67 bits per heavy atom. The van der Waals surface area contributed by atoms with E-state index in [9.17, 15) is 9.59 Å². The molecule has 1 fully saturated rings. The number of hydrogen-bond donors (Lipinski definition) is 1. The fraction of sp³-hybridized carbons (Fsp3) is 0.409. The molecule has 0 bridgehead atoms. The molecule has 0 saturated carbocycles. The maximum Gasteiger partial charge on any atom is 0.303 e. The van der Waals surface area contributed by atoms with Crippen LogP contribution in [0.1, 0.15) is 26.5 Å². The molecule has 3 heterocycles. The number of carbonyl (C=O) groups is 2. The molecule has 11 heteroatoms. The molecule has 0 amide bonds. The number of aromatic nitrogens is 4. The molecule has 10 nitrogen and oxygen atoms in total. The summed E-state index contributed by atoms with van der Waals surface area (Å²) in [6, 6.07) is 10.0. The normalized spacial score (nSPS) is 22.4. The summed E-state index contributed by atoms with van der Waals surface area (Å²) in [6.07, 6.45) is 1.74. The number of nitrogens with zero attached hydrogens (tertiary/aromatic N) is 4. The van der Waals surface area contributed by atoms with Crippen molar-refractivity contribution in [2.75, 3.05) is 18.1 Å². The number of nitrogens with two attached hydrogens (primary N) is 1. The maximum atomic E-state index is 12.0. The van der Waals surface area contributed by atoms with Crippen LogP contribution in [-0.2, 0) is 23.8 Å². The van der Waals surface area contributed by atoms with Crippen molar-refractivity contribution in [1.82, 2.24) is 19.5 Å². The summed E-state index contributed by atoms with van der Waals surface area (Å²) in [6.45, 7) is 2.76. The maximum absolute atomic E-state index is 12.0. The molecule has 0 radical (unpaired) electrons. The molecule has 1 aromatic carbocycles. The number of benzene rings is 1. The first-order valence-electron chi connectivity index (χ1n) is 10.5. The van der Waals surface area contributed by atoms with Gasteiger partial charge in [0.15, 0.2) is 23.8 Å². The van der Waals surface area contributed by atoms with Crippen LogP contribution in [0.5, 0.6) is 0 Å². The standard InChI is InChI=1S/C22H25N5O5S/c1-13(28)30-10-17-16(8-9-33-15-6-4-3-5-7-15)19(31-14(2)29)22(32-17)27-12-26-18-20(23)24-11-25-21(18)27/h3-7,11-12,16-17,19,22H,8-10H2,1-2H3,(H2,23,24,25)/t16-,17+,19+,22+/m0/s1. The van der Waals surface area contributed by atoms with Gasteiger partial charge in [0.2, 0.25) is 0 Å². The Morgan fingerprint density at radius 1 is 1.15 bits per heavy atom. The molecule has 3 aromatic rings. The number of ether oxygens (including phenoxy) is 3. The van der Waals surface area contributed by atoms with Crippen molar-refractivity contribution in [2.24, 2.45) is 5.92 Å². The van der Waals surface area contributed by atoms with Gasteiger partial charge in [0.05, 0.1) is 6.33 Å². The number of rotatable bonds is 8. The number of esters is 2. The molecule has 1 aliphatic rings. The zero-order valence-electron chi connectivity index (χ0n) is 18.3. The first kappa shape index (κ1) is 23.0. The fourth-order valence-corrected chi connectivity index (χ4v) is 4.92. The smallest absolute Gasteiger partial charge is 0.303 e. The molecular weight excluding hydrogens is 446 g/mol. The van der Waals surface area contributed by atoms with E-state index in [0.717, 1.165) is 10.6 Å². The topological polar surface area (TPSA) is 131 Å². The highest BCUT2D eigenvalue weighted by Crippen LogP contribution is 2.40. The predicted octanol–water partition coefficient (Wildman–Crippen LogP) is 2.60. The van der Waals surface area contributed by atoms with Crippen LogP contribution in [0.4, 0.5) is 5.82 Å². The van der Waals surface area contributed by atoms with Gasteiger partial charge in [-0.25, -0.2) is 15.0 Å². The van der Waals surface area contributed by atoms with Crippen LogP contribution in [0.15, 0.2) is 47.9 Å². The van der Waals surface area contributed by atoms with Gasteiger partial charge in [-0.1, -0.05) is 18.2 Å². The second-order valence-corrected chi connectivity index (χ2v) is 8.81. The average Bonchev–Trinajstić information content (AvgIpc) is 3.35. The number of anilines is 1. The van der Waals surface area contributed by atoms with Crippen molar-refractivity contribution in [1.29, 1.82) is 0 Å². The van der Waals surface area contributed by atoms with Crippen molar-refractivity contribution in [2.45, 2.75) is 43.6 Å². The Bertz CT molecular complexity index is 1120. The Morgan fingerprint density at radius 2 is 1.94 bits per heavy atom. The third-order valence-corrected chi connectivity index (χ3v) is 6.42. The largest absolute Gasteiger partial charge is 0.463 e. The van der Waals surface area contributed by atoms with Crippen molar-refractivity contribution < 1.29 is 23.8 Å². The highest BCUT2D eigenvalue weighted by molar-refractivity contribution is 7.99. The third-order valence-electron chi connectivity index (χ3n) is 5.37. The Kier molecular flexibility index (Phi) is 7.09. The molecule has 2 N–H and O–H groups in total. The van der Waals surface area contributed by atoms with Gasteiger partial charge in [-0.15, -0.1) is 11.8 Å². The highest BCUT2D eigenvalue weighted by Gasteiger charge is 2.48. The van der Waals surface area contributed by atoms with Crippen molar-refractivity contribution >= 4 is 40.7 Å². The number of carbonyl (C=O) groups excluding carboxylic acids is 2. The van der Waals surface area contributed by atoms with Gasteiger partial charge in [-0.2, -0.15) is 0 Å². The fourth-order valence-electron chi connectivity index (χ4n) is 3.94. The molecule has 0 unspecified atom stereocenters. The molecule has 174 valence electrons. The summed E-state index contributed by atoms with van der Waals surface area (Å²) in [5, 5.41) is 0. The van der Waals surface area contributed by atoms with E-state index in [1.54, 1.807) is 22.7 Å². The van der Waals surface area contributed by atoms with Gasteiger partial charge in [-0.3, -0.25) is 14.2 Å². The van der Waals surface area contributed by atoms with Gasteiger partial charge in [-0.05, 0) is 24.3 Å². The summed E-state index contributed by atoms with van der Waals surface area (Å²) < 4.78 is 19.0. The van der Waals surface area contributed by atoms with Gasteiger partial charge < -0.3 is 19.9 Å². The molecule has 0 aliphatic carbocycles. The SMILES string of the molecule is CC(=O)OC[C@H]1O[C@@H](n2cnc3c(N)ncnc32)[C@H](OC(C)=O)[C@H]1CCSc1ccccc1. The van der Waals surface area contributed by atoms with Crippen LogP contribution >= 0.6 is 11.8 Å². The van der Waals surface area contributed by atoms with E-state index in [0.29, 0.717) is 17.6 Å². The molecule has 1 saturated heterocycles. The van der Waals surface area contributed by atoms with E-state index in [-0.39, 0.29) is 18.3 Å². The molecule has 1 aliphatic heterocycles. The van der Waals surface area contributed by atoms with Gasteiger partial charge in [0, 0.05) is 24.7 Å². The lowest BCUT2D eigenvalue weighted by atomic mass is 9.95. The second kappa shape index (κ2) is 10.2. The number of hydrogen-bond acceptors (Lipinski definition) is 10. The molecule has 2 aromatic heterocycles. The van der Waals surface area contributed by atoms with Crippen LogP contribution in [0, 0.1) is 5.92 Å². The van der Waals surface area contributed by atoms with Gasteiger partial charge in [0.25, 0.3) is 0 Å². The number of nitrogen functional groups attached to an aromatic ring is 1. The summed E-state index contributed by atoms with van der Waals surface area (Å²) in [7, 11) is 0. The van der Waals surface area contributed by atoms with Gasteiger partial charge >= 0.3 is 11.9 Å². The average molecular weight is 472 g/mol. The zero-order chi connectivity index (χ0) is 23.4. The summed E-state index contributed by atoms with van der Waals surface area (Å²) >= 11 is 1.70. The molecule has 4 rings (SSSR count). The van der Waals surface area contributed by atoms with E-state index in [1.807, 2.05) is 30.3 Å². The number of thioether (sulfide) groups is 1. The minimum absolute atomic E-state index is 0.0496. The monoisotopic (exact) mass is 471 g/mol. The molecular formula is C22H25N5O5S. The van der Waals surface area contributed by atoms with E-state index >= 15 is 0 Å². The van der Waals surface area contributed by atoms with Crippen molar-refractivity contribution in [3.8, 4) is 0 Å². The van der Waals surface area contributed by atoms with Gasteiger partial charge in [0.1, 0.15) is 24.6 Å². The molecule has 4 atom stereocenters. The Hall–Kier alpha value is -3.18. The summed E-state index contributed by atoms with van der Waals surface area (Å²) in [4.78, 5) is 37.2. The lowest BCUT2D eigenvalue weighted by molar-refractivity contribution is -0.153. The zero-order valence-corrected chi connectivity index (χ0v) is 19.1. The van der Waals surface area contributed by atoms with E-state index in [1.165, 1.54) is 20.2 Å². The number of fused-ring (bicyclic) bond motifs is 1. The summed E-state index contributed by atoms with van der Waals surface area (Å²) in [5.74, 6) is -0.0453. The third kappa shape index (κ3) is 5.25. The van der Waals surface area contributed by atoms with E-state index in [4.69, 9.17) is 19.9 Å². The first-order chi connectivity index (χ1) is 15.9. The Labute approximate surface area is 194 Å². The van der Waals surface area contributed by atoms with Crippen molar-refractivity contribution in [3.05, 3.63) is 43.0 Å². The quantitative estimate of drug-likeness (QED) is 0.386. The van der Waals surface area contributed by atoms with Crippen molar-refractivity contribution in [3.63, 3.8) is 0 Å². The first-order valence-corrected chi connectivity index (χ1v) is 11.5. The van der Waals surface area contributed by atoms with Crippen LogP contribution in [0.2, 0.25) is 0 Å². The van der Waals surface area contributed by atoms with E-state index < -0.39 is 30.4 Å². The predicted molar refractivity (Wildman–Crippen MR) is 121 cm³/mol. The molecule has 33 heavy (non-hydrogen) atoms. The van der Waals surface area contributed by atoms with E-state index in [2.05, 4.69) is 15.0 Å². The van der Waals surface area contributed by atoms with Crippen LogP contribution < -0.4 is 5.73 Å². The summed E-state index contributed by atoms with van der Waals surface area (Å²) in [5.41, 5.74) is 6.83.